The second-order valence-electron chi connectivity index (χ2n) is 3.32. The van der Waals surface area contributed by atoms with E-state index in [9.17, 15) is 0 Å². The minimum absolute atomic E-state index is 1.09. The van der Waals surface area contributed by atoms with Crippen LogP contribution in [-0.4, -0.2) is 0 Å². The highest BCUT2D eigenvalue weighted by atomic mass is 13.9. The fourth-order valence-electron chi connectivity index (χ4n) is 1.19. The molecule has 0 unspecified atom stereocenters. The maximum atomic E-state index is 3.82. The van der Waals surface area contributed by atoms with Gasteiger partial charge in [0, 0.05) is 0 Å². The van der Waals surface area contributed by atoms with Crippen LogP contribution < -0.4 is 0 Å². The van der Waals surface area contributed by atoms with Crippen LogP contribution in [0.15, 0.2) is 12.2 Å². The summed E-state index contributed by atoms with van der Waals surface area (Å²) in [6, 6.07) is 0. The summed E-state index contributed by atoms with van der Waals surface area (Å²) >= 11 is 0. The Morgan fingerprint density at radius 3 is 2.00 bits per heavy atom. The van der Waals surface area contributed by atoms with Gasteiger partial charge in [0.2, 0.25) is 0 Å². The molecule has 1 radical (unpaired) electrons. The standard InChI is InChI=1S/C12H23/c1-3-5-7-9-11-12-10-8-6-4-2/h11-12H,1,3-10H2,2H3/b12-11+. The molecule has 0 fully saturated rings. The summed E-state index contributed by atoms with van der Waals surface area (Å²) in [6.07, 6.45) is 14.9. The van der Waals surface area contributed by atoms with Crippen LogP contribution in [-0.2, 0) is 0 Å². The van der Waals surface area contributed by atoms with Gasteiger partial charge in [-0.3, -0.25) is 0 Å². The Hall–Kier alpha value is -0.260. The summed E-state index contributed by atoms with van der Waals surface area (Å²) in [7, 11) is 0. The van der Waals surface area contributed by atoms with E-state index < -0.39 is 0 Å². The molecule has 0 rings (SSSR count). The highest BCUT2D eigenvalue weighted by molar-refractivity contribution is 4.81. The quantitative estimate of drug-likeness (QED) is 0.368. The zero-order valence-corrected chi connectivity index (χ0v) is 8.52. The maximum absolute atomic E-state index is 3.82. The molecule has 0 N–H and O–H groups in total. The Morgan fingerprint density at radius 1 is 0.917 bits per heavy atom. The predicted octanol–water partition coefficient (Wildman–Crippen LogP) is 4.52. The summed E-state index contributed by atoms with van der Waals surface area (Å²) < 4.78 is 0. The predicted molar refractivity (Wildman–Crippen MR) is 57.1 cm³/mol. The van der Waals surface area contributed by atoms with Crippen LogP contribution in [0.2, 0.25) is 0 Å². The molecule has 0 aromatic carbocycles. The first-order valence-corrected chi connectivity index (χ1v) is 5.36. The fourth-order valence-corrected chi connectivity index (χ4v) is 1.19. The van der Waals surface area contributed by atoms with Crippen molar-refractivity contribution in [2.24, 2.45) is 0 Å². The molecule has 0 spiro atoms. The van der Waals surface area contributed by atoms with Gasteiger partial charge in [-0.2, -0.15) is 0 Å². The Kier molecular flexibility index (Phi) is 10.5. The SMILES string of the molecule is [CH2]CCCC/C=C/CCCCC. The van der Waals surface area contributed by atoms with E-state index in [-0.39, 0.29) is 0 Å². The molecule has 0 saturated heterocycles. The van der Waals surface area contributed by atoms with E-state index in [1.165, 1.54) is 44.9 Å². The summed E-state index contributed by atoms with van der Waals surface area (Å²) in [6.45, 7) is 6.07. The molecule has 0 heteroatoms. The molecule has 0 aromatic heterocycles. The van der Waals surface area contributed by atoms with Crippen molar-refractivity contribution in [3.05, 3.63) is 19.1 Å². The first-order valence-electron chi connectivity index (χ1n) is 5.36. The van der Waals surface area contributed by atoms with Gasteiger partial charge in [-0.05, 0) is 25.7 Å². The third kappa shape index (κ3) is 9.74. The molecule has 0 aliphatic carbocycles. The van der Waals surface area contributed by atoms with E-state index in [1.807, 2.05) is 0 Å². The van der Waals surface area contributed by atoms with Gasteiger partial charge in [0.1, 0.15) is 0 Å². The van der Waals surface area contributed by atoms with Crippen LogP contribution in [0, 0.1) is 6.92 Å². The fraction of sp³-hybridized carbons (Fsp3) is 0.750. The molecule has 0 aliphatic rings. The van der Waals surface area contributed by atoms with Gasteiger partial charge in [-0.1, -0.05) is 51.7 Å². The minimum Gasteiger partial charge on any atom is -0.0885 e. The van der Waals surface area contributed by atoms with Crippen molar-refractivity contribution in [1.82, 2.24) is 0 Å². The molecule has 0 nitrogen and oxygen atoms in total. The number of unbranched alkanes of at least 4 members (excludes halogenated alkanes) is 6. The van der Waals surface area contributed by atoms with Crippen LogP contribution in [0.4, 0.5) is 0 Å². The summed E-state index contributed by atoms with van der Waals surface area (Å²) in [4.78, 5) is 0. The van der Waals surface area contributed by atoms with E-state index >= 15 is 0 Å². The van der Waals surface area contributed by atoms with Crippen LogP contribution >= 0.6 is 0 Å². The number of hydrogen-bond acceptors (Lipinski definition) is 0. The van der Waals surface area contributed by atoms with E-state index in [0.29, 0.717) is 0 Å². The first kappa shape index (κ1) is 11.7. The van der Waals surface area contributed by atoms with Crippen molar-refractivity contribution < 1.29 is 0 Å². The molecular formula is C12H23. The number of allylic oxidation sites excluding steroid dienone is 2. The molecule has 71 valence electrons. The number of hydrogen-bond donors (Lipinski definition) is 0. The van der Waals surface area contributed by atoms with Gasteiger partial charge in [-0.25, -0.2) is 0 Å². The average Bonchev–Trinajstić information content (AvgIpc) is 2.10. The Morgan fingerprint density at radius 2 is 1.50 bits per heavy atom. The normalized spacial score (nSPS) is 11.2. The maximum Gasteiger partial charge on any atom is -0.0351 e. The number of rotatable bonds is 8. The molecule has 0 aliphatic heterocycles. The third-order valence-corrected chi connectivity index (χ3v) is 2.01. The van der Waals surface area contributed by atoms with Gasteiger partial charge in [-0.15, -0.1) is 0 Å². The van der Waals surface area contributed by atoms with Crippen molar-refractivity contribution in [2.75, 3.05) is 0 Å². The Balaban J connectivity index is 2.93. The highest BCUT2D eigenvalue weighted by Gasteiger charge is 1.83. The molecule has 0 atom stereocenters. The van der Waals surface area contributed by atoms with Crippen molar-refractivity contribution in [2.45, 2.75) is 58.3 Å². The van der Waals surface area contributed by atoms with Gasteiger partial charge in [0.15, 0.2) is 0 Å². The van der Waals surface area contributed by atoms with Crippen LogP contribution in [0.3, 0.4) is 0 Å². The first-order chi connectivity index (χ1) is 5.91. The zero-order valence-electron chi connectivity index (χ0n) is 8.52. The van der Waals surface area contributed by atoms with E-state index in [4.69, 9.17) is 0 Å². The van der Waals surface area contributed by atoms with Crippen LogP contribution in [0.25, 0.3) is 0 Å². The van der Waals surface area contributed by atoms with E-state index in [0.717, 1.165) is 6.42 Å². The van der Waals surface area contributed by atoms with E-state index in [1.54, 1.807) is 0 Å². The lowest BCUT2D eigenvalue weighted by molar-refractivity contribution is 0.723. The molecule has 0 aromatic rings. The highest BCUT2D eigenvalue weighted by Crippen LogP contribution is 2.03. The molecule has 0 heterocycles. The average molecular weight is 167 g/mol. The van der Waals surface area contributed by atoms with Crippen LogP contribution in [0.1, 0.15) is 58.3 Å². The Bertz CT molecular complexity index is 80.2. The summed E-state index contributed by atoms with van der Waals surface area (Å²) in [5.74, 6) is 0. The third-order valence-electron chi connectivity index (χ3n) is 2.01. The zero-order chi connectivity index (χ0) is 9.07. The van der Waals surface area contributed by atoms with Gasteiger partial charge >= 0.3 is 0 Å². The molecular weight excluding hydrogens is 144 g/mol. The molecule has 0 bridgehead atoms. The minimum atomic E-state index is 1.09. The molecule has 12 heavy (non-hydrogen) atoms. The summed E-state index contributed by atoms with van der Waals surface area (Å²) in [5, 5.41) is 0. The smallest absolute Gasteiger partial charge is 0.0351 e. The lowest BCUT2D eigenvalue weighted by Gasteiger charge is -1.93. The lowest BCUT2D eigenvalue weighted by atomic mass is 10.1. The molecule has 0 amide bonds. The van der Waals surface area contributed by atoms with Crippen molar-refractivity contribution in [3.8, 4) is 0 Å². The van der Waals surface area contributed by atoms with Crippen molar-refractivity contribution in [1.29, 1.82) is 0 Å². The second-order valence-corrected chi connectivity index (χ2v) is 3.32. The lowest BCUT2D eigenvalue weighted by Crippen LogP contribution is -1.73. The monoisotopic (exact) mass is 167 g/mol. The van der Waals surface area contributed by atoms with Gasteiger partial charge < -0.3 is 0 Å². The van der Waals surface area contributed by atoms with E-state index in [2.05, 4.69) is 26.0 Å². The van der Waals surface area contributed by atoms with Gasteiger partial charge in [0.05, 0.1) is 0 Å². The van der Waals surface area contributed by atoms with Crippen molar-refractivity contribution >= 4 is 0 Å². The topological polar surface area (TPSA) is 0 Å². The second kappa shape index (κ2) is 10.7. The molecule has 0 saturated carbocycles. The van der Waals surface area contributed by atoms with Crippen molar-refractivity contribution in [3.63, 3.8) is 0 Å². The Labute approximate surface area is 78.1 Å². The van der Waals surface area contributed by atoms with Crippen LogP contribution in [0.5, 0.6) is 0 Å². The largest absolute Gasteiger partial charge is 0.0885 e. The summed E-state index contributed by atoms with van der Waals surface area (Å²) in [5.41, 5.74) is 0. The van der Waals surface area contributed by atoms with Gasteiger partial charge in [0.25, 0.3) is 0 Å².